The summed E-state index contributed by atoms with van der Waals surface area (Å²) in [6, 6.07) is 5.76. The number of carbonyl (C=O) groups excluding carboxylic acids is 3. The fraction of sp³-hybridized carbons (Fsp3) is 0.500. The average Bonchev–Trinajstić information content (AvgIpc) is 2.56. The van der Waals surface area contributed by atoms with Crippen molar-refractivity contribution in [3.8, 4) is 0 Å². The molecule has 0 unspecified atom stereocenters. The van der Waals surface area contributed by atoms with E-state index in [2.05, 4.69) is 5.32 Å². The molecule has 2 atom stereocenters. The van der Waals surface area contributed by atoms with E-state index < -0.39 is 23.3 Å². The van der Waals surface area contributed by atoms with Crippen LogP contribution in [0.2, 0.25) is 5.02 Å². The fourth-order valence-corrected chi connectivity index (χ4v) is 2.54. The molecule has 0 fully saturated rings. The molecule has 1 rings (SSSR count). The van der Waals surface area contributed by atoms with Crippen molar-refractivity contribution in [1.29, 1.82) is 0 Å². The molecule has 0 aromatic heterocycles. The number of benzene rings is 1. The predicted molar refractivity (Wildman–Crippen MR) is 98.8 cm³/mol. The quantitative estimate of drug-likeness (QED) is 0.427. The maximum Gasteiger partial charge on any atom is 0.245 e. The molecule has 0 spiro atoms. The standard InChI is InChI=1S/C18H26ClN3O4/c1-18(2,3)15(17(25)21(4)5)20-16(24)14(10-22(26)11-23)12-6-8-13(19)9-7-12/h6-9,11,14-15,26H,10H2,1-5H3,(H,20,24)/t14-,15+/m0/s1. The smallest absolute Gasteiger partial charge is 0.245 e. The molecule has 1 aromatic carbocycles. The highest BCUT2D eigenvalue weighted by atomic mass is 35.5. The molecule has 144 valence electrons. The Kier molecular flexibility index (Phi) is 7.59. The molecule has 0 aliphatic carbocycles. The predicted octanol–water partition coefficient (Wildman–Crippen LogP) is 1.89. The molecule has 3 amide bonds. The third-order valence-corrected chi connectivity index (χ3v) is 4.17. The largest absolute Gasteiger partial charge is 0.347 e. The van der Waals surface area contributed by atoms with E-state index in [4.69, 9.17) is 11.6 Å². The number of nitrogens with one attached hydrogen (secondary N) is 1. The van der Waals surface area contributed by atoms with Gasteiger partial charge in [0.2, 0.25) is 18.2 Å². The van der Waals surface area contributed by atoms with Crippen molar-refractivity contribution in [2.45, 2.75) is 32.7 Å². The summed E-state index contributed by atoms with van der Waals surface area (Å²) in [5.74, 6) is -1.57. The Balaban J connectivity index is 3.15. The Hall–Kier alpha value is -2.12. The summed E-state index contributed by atoms with van der Waals surface area (Å²) in [5, 5.41) is 13.2. The third-order valence-electron chi connectivity index (χ3n) is 3.92. The van der Waals surface area contributed by atoms with Crippen LogP contribution in [0.3, 0.4) is 0 Å². The van der Waals surface area contributed by atoms with Crippen LogP contribution >= 0.6 is 11.6 Å². The molecular weight excluding hydrogens is 358 g/mol. The molecule has 0 saturated carbocycles. The minimum absolute atomic E-state index is 0.225. The molecule has 7 nitrogen and oxygen atoms in total. The van der Waals surface area contributed by atoms with Crippen LogP contribution in [0, 0.1) is 5.41 Å². The summed E-state index contributed by atoms with van der Waals surface area (Å²) in [7, 11) is 3.23. The lowest BCUT2D eigenvalue weighted by atomic mass is 9.85. The SMILES string of the molecule is CN(C)C(=O)[C@@H](NC(=O)[C@@H](CN(O)C=O)c1ccc(Cl)cc1)C(C)(C)C. The molecule has 2 N–H and O–H groups in total. The molecule has 0 aliphatic rings. The van der Waals surface area contributed by atoms with Crippen molar-refractivity contribution in [3.63, 3.8) is 0 Å². The first-order valence-electron chi connectivity index (χ1n) is 8.15. The molecule has 0 bridgehead atoms. The zero-order valence-corrected chi connectivity index (χ0v) is 16.4. The minimum atomic E-state index is -0.859. The minimum Gasteiger partial charge on any atom is -0.347 e. The Morgan fingerprint density at radius 3 is 2.19 bits per heavy atom. The van der Waals surface area contributed by atoms with Crippen LogP contribution in [0.5, 0.6) is 0 Å². The zero-order valence-electron chi connectivity index (χ0n) is 15.7. The van der Waals surface area contributed by atoms with Gasteiger partial charge in [0.25, 0.3) is 0 Å². The van der Waals surface area contributed by atoms with Gasteiger partial charge in [0, 0.05) is 19.1 Å². The van der Waals surface area contributed by atoms with Crippen molar-refractivity contribution >= 4 is 29.8 Å². The average molecular weight is 384 g/mol. The van der Waals surface area contributed by atoms with Gasteiger partial charge >= 0.3 is 0 Å². The van der Waals surface area contributed by atoms with Gasteiger partial charge in [-0.3, -0.25) is 19.6 Å². The number of amides is 3. The normalized spacial score (nSPS) is 13.5. The van der Waals surface area contributed by atoms with E-state index in [9.17, 15) is 19.6 Å². The number of likely N-dealkylation sites (N-methyl/N-ethyl adjacent to an activating group) is 1. The van der Waals surface area contributed by atoms with Crippen molar-refractivity contribution in [3.05, 3.63) is 34.9 Å². The van der Waals surface area contributed by atoms with Crippen LogP contribution in [-0.2, 0) is 14.4 Å². The Bertz CT molecular complexity index is 641. The van der Waals surface area contributed by atoms with Gasteiger partial charge in [0.05, 0.1) is 12.5 Å². The molecule has 0 saturated heterocycles. The summed E-state index contributed by atoms with van der Waals surface area (Å²) in [4.78, 5) is 37.6. The van der Waals surface area contributed by atoms with Crippen LogP contribution in [0.1, 0.15) is 32.3 Å². The summed E-state index contributed by atoms with van der Waals surface area (Å²) in [6.07, 6.45) is 0.225. The van der Waals surface area contributed by atoms with E-state index in [1.54, 1.807) is 38.4 Å². The summed E-state index contributed by atoms with van der Waals surface area (Å²) >= 11 is 5.88. The van der Waals surface area contributed by atoms with Crippen molar-refractivity contribution < 1.29 is 19.6 Å². The second-order valence-corrected chi connectivity index (χ2v) is 7.81. The topological polar surface area (TPSA) is 90.0 Å². The lowest BCUT2D eigenvalue weighted by Crippen LogP contribution is -2.54. The van der Waals surface area contributed by atoms with Gasteiger partial charge in [-0.2, -0.15) is 0 Å². The maximum absolute atomic E-state index is 12.9. The number of carbonyl (C=O) groups is 3. The van der Waals surface area contributed by atoms with Crippen LogP contribution in [-0.4, -0.2) is 60.1 Å². The van der Waals surface area contributed by atoms with Gasteiger partial charge in [-0.25, -0.2) is 5.06 Å². The number of nitrogens with zero attached hydrogens (tertiary/aromatic N) is 2. The first kappa shape index (κ1) is 21.9. The highest BCUT2D eigenvalue weighted by molar-refractivity contribution is 6.30. The van der Waals surface area contributed by atoms with Crippen molar-refractivity contribution in [1.82, 2.24) is 15.3 Å². The van der Waals surface area contributed by atoms with E-state index in [-0.39, 0.29) is 18.9 Å². The first-order chi connectivity index (χ1) is 12.0. The van der Waals surface area contributed by atoms with Crippen molar-refractivity contribution in [2.75, 3.05) is 20.6 Å². The molecule has 0 heterocycles. The number of hydrogen-bond acceptors (Lipinski definition) is 4. The Morgan fingerprint density at radius 1 is 1.23 bits per heavy atom. The second-order valence-electron chi connectivity index (χ2n) is 7.37. The van der Waals surface area contributed by atoms with E-state index in [0.29, 0.717) is 15.6 Å². The van der Waals surface area contributed by atoms with Crippen LogP contribution in [0.15, 0.2) is 24.3 Å². The molecule has 8 heteroatoms. The van der Waals surface area contributed by atoms with E-state index in [1.807, 2.05) is 20.8 Å². The number of halogens is 1. The number of rotatable bonds is 7. The summed E-state index contributed by atoms with van der Waals surface area (Å²) in [5.41, 5.74) is 0.0447. The van der Waals surface area contributed by atoms with E-state index >= 15 is 0 Å². The lowest BCUT2D eigenvalue weighted by molar-refractivity contribution is -0.152. The van der Waals surface area contributed by atoms with E-state index in [1.165, 1.54) is 4.90 Å². The Morgan fingerprint density at radius 2 is 1.77 bits per heavy atom. The van der Waals surface area contributed by atoms with Gasteiger partial charge in [0.15, 0.2) is 0 Å². The highest BCUT2D eigenvalue weighted by Crippen LogP contribution is 2.24. The molecule has 1 aromatic rings. The lowest BCUT2D eigenvalue weighted by Gasteiger charge is -2.33. The van der Waals surface area contributed by atoms with Crippen LogP contribution < -0.4 is 5.32 Å². The number of hydrogen-bond donors (Lipinski definition) is 2. The van der Waals surface area contributed by atoms with Gasteiger partial charge < -0.3 is 10.2 Å². The first-order valence-corrected chi connectivity index (χ1v) is 8.53. The van der Waals surface area contributed by atoms with Gasteiger partial charge in [0.1, 0.15) is 6.04 Å². The van der Waals surface area contributed by atoms with Gasteiger partial charge in [-0.05, 0) is 23.1 Å². The fourth-order valence-electron chi connectivity index (χ4n) is 2.41. The summed E-state index contributed by atoms with van der Waals surface area (Å²) < 4.78 is 0. The molecule has 26 heavy (non-hydrogen) atoms. The molecular formula is C18H26ClN3O4. The van der Waals surface area contributed by atoms with Gasteiger partial charge in [-0.15, -0.1) is 0 Å². The zero-order chi connectivity index (χ0) is 20.1. The Labute approximate surface area is 158 Å². The van der Waals surface area contributed by atoms with Crippen molar-refractivity contribution in [2.24, 2.45) is 5.41 Å². The van der Waals surface area contributed by atoms with Crippen LogP contribution in [0.25, 0.3) is 0 Å². The van der Waals surface area contributed by atoms with Crippen LogP contribution in [0.4, 0.5) is 0 Å². The molecule has 0 aliphatic heterocycles. The van der Waals surface area contributed by atoms with Gasteiger partial charge in [-0.1, -0.05) is 44.5 Å². The number of hydroxylamine groups is 2. The molecule has 0 radical (unpaired) electrons. The summed E-state index contributed by atoms with van der Waals surface area (Å²) in [6.45, 7) is 5.30. The highest BCUT2D eigenvalue weighted by Gasteiger charge is 2.36. The monoisotopic (exact) mass is 383 g/mol. The second kappa shape index (κ2) is 9.00. The maximum atomic E-state index is 12.9. The van der Waals surface area contributed by atoms with E-state index in [0.717, 1.165) is 0 Å². The third kappa shape index (κ3) is 6.00.